The number of hydrogen-bond donors (Lipinski definition) is 0. The lowest BCUT2D eigenvalue weighted by molar-refractivity contribution is 0.0889. The molecule has 5 heteroatoms. The Morgan fingerprint density at radius 2 is 1.79 bits per heavy atom. The normalized spacial score (nSPS) is 11.2. The molecule has 0 N–H and O–H groups in total. The molecule has 0 rings (SSSR count). The van der Waals surface area contributed by atoms with Gasteiger partial charge in [0.15, 0.2) is 0 Å². The van der Waals surface area contributed by atoms with Crippen molar-refractivity contribution in [2.24, 2.45) is 9.98 Å². The van der Waals surface area contributed by atoms with Crippen LogP contribution in [0, 0.1) is 0 Å². The largest absolute Gasteiger partial charge is 0.381 e. The smallest absolute Gasteiger partial charge is 0.234 e. The van der Waals surface area contributed by atoms with E-state index >= 15 is 0 Å². The third-order valence-corrected chi connectivity index (χ3v) is 1.82. The minimum Gasteiger partial charge on any atom is -0.381 e. The van der Waals surface area contributed by atoms with E-state index in [2.05, 4.69) is 9.98 Å². The van der Waals surface area contributed by atoms with Crippen LogP contribution in [-0.4, -0.2) is 38.5 Å². The highest BCUT2D eigenvalue weighted by Gasteiger charge is 2.05. The average Bonchev–Trinajstić information content (AvgIpc) is 2.22. The predicted octanol–water partition coefficient (Wildman–Crippen LogP) is 0.843. The predicted molar refractivity (Wildman–Crippen MR) is 50.6 cm³/mol. The van der Waals surface area contributed by atoms with Gasteiger partial charge in [0.2, 0.25) is 12.2 Å². The van der Waals surface area contributed by atoms with E-state index in [0.717, 1.165) is 12.8 Å². The molecule has 1 atom stereocenters. The van der Waals surface area contributed by atoms with Crippen molar-refractivity contribution in [3.8, 4) is 0 Å². The first-order valence-corrected chi connectivity index (χ1v) is 4.45. The number of methoxy groups -OCH3 is 1. The molecule has 0 aliphatic rings. The highest BCUT2D eigenvalue weighted by molar-refractivity contribution is 5.32. The monoisotopic (exact) mass is 198 g/mol. The maximum absolute atomic E-state index is 9.78. The van der Waals surface area contributed by atoms with Crippen molar-refractivity contribution in [1.29, 1.82) is 0 Å². The van der Waals surface area contributed by atoms with Crippen LogP contribution in [0.3, 0.4) is 0 Å². The van der Waals surface area contributed by atoms with Gasteiger partial charge in [0.05, 0.1) is 19.2 Å². The fraction of sp³-hybridized carbons (Fsp3) is 0.778. The third kappa shape index (κ3) is 7.37. The van der Waals surface area contributed by atoms with Gasteiger partial charge in [-0.15, -0.1) is 0 Å². The topological polar surface area (TPSA) is 68.1 Å². The second-order valence-corrected chi connectivity index (χ2v) is 2.73. The molecule has 0 fully saturated rings. The van der Waals surface area contributed by atoms with E-state index in [9.17, 15) is 9.59 Å². The molecule has 1 unspecified atom stereocenters. The molecular weight excluding hydrogens is 184 g/mol. The summed E-state index contributed by atoms with van der Waals surface area (Å²) >= 11 is 0. The number of aliphatic imine (C=N–C) groups is 2. The van der Waals surface area contributed by atoms with Crippen LogP contribution in [0.15, 0.2) is 9.98 Å². The standard InChI is InChI=1S/C9H14N2O3/c1-14-9(4-6-11-8-13)3-2-5-10-7-12/h9H,2-6H2,1H3. The summed E-state index contributed by atoms with van der Waals surface area (Å²) in [5, 5.41) is 0. The van der Waals surface area contributed by atoms with Gasteiger partial charge in [0, 0.05) is 7.11 Å². The number of carbonyl (C=O) groups excluding carboxylic acids is 2. The maximum Gasteiger partial charge on any atom is 0.234 e. The number of nitrogens with zero attached hydrogens (tertiary/aromatic N) is 2. The molecular formula is C9H14N2O3. The van der Waals surface area contributed by atoms with Crippen molar-refractivity contribution in [3.63, 3.8) is 0 Å². The molecule has 0 radical (unpaired) electrons. The van der Waals surface area contributed by atoms with Crippen molar-refractivity contribution in [1.82, 2.24) is 0 Å². The number of hydrogen-bond acceptors (Lipinski definition) is 5. The van der Waals surface area contributed by atoms with E-state index in [4.69, 9.17) is 4.74 Å². The first-order chi connectivity index (χ1) is 6.85. The zero-order valence-electron chi connectivity index (χ0n) is 8.23. The first-order valence-electron chi connectivity index (χ1n) is 4.45. The second kappa shape index (κ2) is 9.81. The van der Waals surface area contributed by atoms with Gasteiger partial charge in [0.25, 0.3) is 0 Å². The van der Waals surface area contributed by atoms with Crippen LogP contribution in [0.2, 0.25) is 0 Å². The second-order valence-electron chi connectivity index (χ2n) is 2.73. The zero-order valence-corrected chi connectivity index (χ0v) is 8.23. The zero-order chi connectivity index (χ0) is 10.6. The Balaban J connectivity index is 3.56. The van der Waals surface area contributed by atoms with E-state index in [0.29, 0.717) is 19.5 Å². The Morgan fingerprint density at radius 1 is 1.14 bits per heavy atom. The molecule has 0 aromatic carbocycles. The molecule has 0 aliphatic carbocycles. The summed E-state index contributed by atoms with van der Waals surface area (Å²) in [6.45, 7) is 0.902. The Hall–Kier alpha value is -1.28. The summed E-state index contributed by atoms with van der Waals surface area (Å²) in [5.74, 6) is 0. The number of ether oxygens (including phenoxy) is 1. The molecule has 0 amide bonds. The van der Waals surface area contributed by atoms with E-state index in [1.807, 2.05) is 0 Å². The molecule has 0 aliphatic heterocycles. The van der Waals surface area contributed by atoms with E-state index in [-0.39, 0.29) is 6.10 Å². The fourth-order valence-corrected chi connectivity index (χ4v) is 1.08. The molecule has 0 aromatic rings. The highest BCUT2D eigenvalue weighted by Crippen LogP contribution is 2.05. The molecule has 0 bridgehead atoms. The minimum atomic E-state index is 0.0638. The molecule has 0 heterocycles. The van der Waals surface area contributed by atoms with Gasteiger partial charge in [0.1, 0.15) is 0 Å². The van der Waals surface area contributed by atoms with Crippen LogP contribution < -0.4 is 0 Å². The van der Waals surface area contributed by atoms with E-state index in [1.54, 1.807) is 7.11 Å². The summed E-state index contributed by atoms with van der Waals surface area (Å²) in [6.07, 6.45) is 5.28. The molecule has 78 valence electrons. The molecule has 14 heavy (non-hydrogen) atoms. The Labute approximate surface area is 82.9 Å². The van der Waals surface area contributed by atoms with Crippen molar-refractivity contribution in [2.75, 3.05) is 20.2 Å². The van der Waals surface area contributed by atoms with Crippen molar-refractivity contribution in [2.45, 2.75) is 25.4 Å². The van der Waals surface area contributed by atoms with Crippen LogP contribution in [0.1, 0.15) is 19.3 Å². The summed E-state index contributed by atoms with van der Waals surface area (Å²) < 4.78 is 5.15. The Kier molecular flexibility index (Phi) is 8.91. The number of isocyanates is 2. The first kappa shape index (κ1) is 12.7. The van der Waals surface area contributed by atoms with Crippen LogP contribution in [0.5, 0.6) is 0 Å². The summed E-state index contributed by atoms with van der Waals surface area (Å²) in [4.78, 5) is 26.4. The van der Waals surface area contributed by atoms with Gasteiger partial charge in [-0.1, -0.05) is 0 Å². The van der Waals surface area contributed by atoms with Gasteiger partial charge in [-0.05, 0) is 19.3 Å². The maximum atomic E-state index is 9.78. The van der Waals surface area contributed by atoms with E-state index < -0.39 is 0 Å². The Morgan fingerprint density at radius 3 is 2.36 bits per heavy atom. The van der Waals surface area contributed by atoms with Gasteiger partial charge >= 0.3 is 0 Å². The fourth-order valence-electron chi connectivity index (χ4n) is 1.08. The van der Waals surface area contributed by atoms with Crippen LogP contribution in [0.25, 0.3) is 0 Å². The van der Waals surface area contributed by atoms with Gasteiger partial charge < -0.3 is 4.74 Å². The van der Waals surface area contributed by atoms with Crippen LogP contribution >= 0.6 is 0 Å². The molecule has 0 spiro atoms. The SMILES string of the molecule is COC(CCCN=C=O)CCN=C=O. The lowest BCUT2D eigenvalue weighted by atomic mass is 10.1. The van der Waals surface area contributed by atoms with Crippen LogP contribution in [0.4, 0.5) is 0 Å². The van der Waals surface area contributed by atoms with Gasteiger partial charge in [-0.25, -0.2) is 19.6 Å². The third-order valence-electron chi connectivity index (χ3n) is 1.82. The summed E-state index contributed by atoms with van der Waals surface area (Å²) in [7, 11) is 1.61. The molecule has 5 nitrogen and oxygen atoms in total. The molecule has 0 aromatic heterocycles. The molecule has 0 saturated heterocycles. The summed E-state index contributed by atoms with van der Waals surface area (Å²) in [6, 6.07) is 0. The lowest BCUT2D eigenvalue weighted by Gasteiger charge is -2.12. The van der Waals surface area contributed by atoms with Crippen molar-refractivity contribution >= 4 is 12.2 Å². The van der Waals surface area contributed by atoms with E-state index in [1.165, 1.54) is 12.2 Å². The van der Waals surface area contributed by atoms with Gasteiger partial charge in [-0.3, -0.25) is 0 Å². The highest BCUT2D eigenvalue weighted by atomic mass is 16.5. The lowest BCUT2D eigenvalue weighted by Crippen LogP contribution is -2.12. The number of rotatable bonds is 8. The quantitative estimate of drug-likeness (QED) is 0.330. The van der Waals surface area contributed by atoms with Crippen molar-refractivity contribution < 1.29 is 14.3 Å². The Bertz CT molecular complexity index is 230. The minimum absolute atomic E-state index is 0.0638. The summed E-state index contributed by atoms with van der Waals surface area (Å²) in [5.41, 5.74) is 0. The molecule has 0 saturated carbocycles. The van der Waals surface area contributed by atoms with Crippen LogP contribution in [-0.2, 0) is 14.3 Å². The van der Waals surface area contributed by atoms with Crippen molar-refractivity contribution in [3.05, 3.63) is 0 Å². The van der Waals surface area contributed by atoms with Gasteiger partial charge in [-0.2, -0.15) is 0 Å². The average molecular weight is 198 g/mol.